The lowest BCUT2D eigenvalue weighted by Gasteiger charge is -2.31. The molecule has 0 saturated heterocycles. The third kappa shape index (κ3) is 4.15. The number of rotatable bonds is 6. The molecule has 1 amide bonds. The van der Waals surface area contributed by atoms with Crippen LogP contribution in [-0.4, -0.2) is 46.5 Å². The van der Waals surface area contributed by atoms with Gasteiger partial charge < -0.3 is 14.8 Å². The van der Waals surface area contributed by atoms with Gasteiger partial charge in [-0.3, -0.25) is 4.79 Å². The Bertz CT molecular complexity index is 740. The van der Waals surface area contributed by atoms with Crippen molar-refractivity contribution in [1.82, 2.24) is 19.8 Å². The molecule has 3 rings (SSSR count). The van der Waals surface area contributed by atoms with Gasteiger partial charge >= 0.3 is 0 Å². The fourth-order valence-electron chi connectivity index (χ4n) is 3.50. The molecular formula is C18H24F2N4O. The Kier molecular flexibility index (Phi) is 5.63. The average Bonchev–Trinajstić information content (AvgIpc) is 3.02. The van der Waals surface area contributed by atoms with Gasteiger partial charge in [-0.15, -0.1) is 0 Å². The van der Waals surface area contributed by atoms with E-state index in [0.717, 1.165) is 12.6 Å². The van der Waals surface area contributed by atoms with Gasteiger partial charge in [-0.05, 0) is 32.0 Å². The molecule has 136 valence electrons. The van der Waals surface area contributed by atoms with Crippen LogP contribution in [0, 0.1) is 11.6 Å². The molecule has 0 unspecified atom stereocenters. The Morgan fingerprint density at radius 1 is 1.32 bits per heavy atom. The molecule has 1 saturated carbocycles. The highest BCUT2D eigenvalue weighted by Crippen LogP contribution is 2.21. The van der Waals surface area contributed by atoms with Gasteiger partial charge in [0.2, 0.25) is 5.91 Å². The first-order valence-corrected chi connectivity index (χ1v) is 8.82. The predicted molar refractivity (Wildman–Crippen MR) is 92.2 cm³/mol. The number of benzene rings is 1. The summed E-state index contributed by atoms with van der Waals surface area (Å²) in [5.74, 6) is -2.15. The second-order valence-electron chi connectivity index (χ2n) is 6.72. The number of aromatic nitrogens is 2. The van der Waals surface area contributed by atoms with Gasteiger partial charge in [-0.1, -0.05) is 19.3 Å². The molecule has 5 nitrogen and oxygen atoms in total. The summed E-state index contributed by atoms with van der Waals surface area (Å²) in [6.07, 6.45) is 7.67. The standard InChI is InChI=1S/C18H24F2N4O/c1-23(13-5-3-2-4-6-13)10-9-21-16(25)11-24-12-22-15-8-7-14(19)17(20)18(15)24/h7-8,12-13H,2-6,9-11H2,1H3,(H,21,25). The summed E-state index contributed by atoms with van der Waals surface area (Å²) in [5.41, 5.74) is 0.359. The molecule has 0 aliphatic heterocycles. The molecule has 7 heteroatoms. The number of fused-ring (bicyclic) bond motifs is 1. The van der Waals surface area contributed by atoms with E-state index in [0.29, 0.717) is 18.1 Å². The molecular weight excluding hydrogens is 326 g/mol. The smallest absolute Gasteiger partial charge is 0.240 e. The van der Waals surface area contributed by atoms with Crippen molar-refractivity contribution in [1.29, 1.82) is 0 Å². The lowest BCUT2D eigenvalue weighted by Crippen LogP contribution is -2.40. The number of imidazole rings is 1. The summed E-state index contributed by atoms with van der Waals surface area (Å²) in [6, 6.07) is 3.04. The topological polar surface area (TPSA) is 50.2 Å². The van der Waals surface area contributed by atoms with Gasteiger partial charge in [0.05, 0.1) is 11.8 Å². The largest absolute Gasteiger partial charge is 0.353 e. The van der Waals surface area contributed by atoms with E-state index >= 15 is 0 Å². The van der Waals surface area contributed by atoms with Crippen molar-refractivity contribution in [3.05, 3.63) is 30.1 Å². The second-order valence-corrected chi connectivity index (χ2v) is 6.72. The van der Waals surface area contributed by atoms with Crippen molar-refractivity contribution in [3.63, 3.8) is 0 Å². The molecule has 0 atom stereocenters. The Hall–Kier alpha value is -2.02. The molecule has 1 fully saturated rings. The monoisotopic (exact) mass is 350 g/mol. The zero-order valence-corrected chi connectivity index (χ0v) is 14.5. The van der Waals surface area contributed by atoms with Crippen LogP contribution in [0.25, 0.3) is 11.0 Å². The van der Waals surface area contributed by atoms with E-state index in [-0.39, 0.29) is 18.0 Å². The highest BCUT2D eigenvalue weighted by molar-refractivity contribution is 5.80. The fourth-order valence-corrected chi connectivity index (χ4v) is 3.50. The van der Waals surface area contributed by atoms with Crippen LogP contribution >= 0.6 is 0 Å². The van der Waals surface area contributed by atoms with Crippen molar-refractivity contribution in [2.45, 2.75) is 44.7 Å². The van der Waals surface area contributed by atoms with Crippen LogP contribution in [0.1, 0.15) is 32.1 Å². The first-order chi connectivity index (χ1) is 12.1. The number of hydrogen-bond acceptors (Lipinski definition) is 3. The fraction of sp³-hybridized carbons (Fsp3) is 0.556. The Balaban J connectivity index is 1.52. The first-order valence-electron chi connectivity index (χ1n) is 8.82. The molecule has 1 heterocycles. The third-order valence-electron chi connectivity index (χ3n) is 4.97. The van der Waals surface area contributed by atoms with Crippen molar-refractivity contribution in [3.8, 4) is 0 Å². The summed E-state index contributed by atoms with van der Waals surface area (Å²) >= 11 is 0. The molecule has 2 aromatic rings. The van der Waals surface area contributed by atoms with E-state index in [1.807, 2.05) is 0 Å². The normalized spacial score (nSPS) is 15.8. The van der Waals surface area contributed by atoms with Crippen LogP contribution in [0.5, 0.6) is 0 Å². The highest BCUT2D eigenvalue weighted by atomic mass is 19.2. The van der Waals surface area contributed by atoms with Crippen molar-refractivity contribution in [2.75, 3.05) is 20.1 Å². The quantitative estimate of drug-likeness (QED) is 0.871. The molecule has 1 aliphatic rings. The number of likely N-dealkylation sites (N-methyl/N-ethyl adjacent to an activating group) is 1. The first kappa shape index (κ1) is 17.8. The van der Waals surface area contributed by atoms with E-state index in [1.165, 1.54) is 49.1 Å². The summed E-state index contributed by atoms with van der Waals surface area (Å²) in [4.78, 5) is 18.4. The molecule has 0 bridgehead atoms. The molecule has 1 aromatic carbocycles. The zero-order valence-electron chi connectivity index (χ0n) is 14.5. The van der Waals surface area contributed by atoms with E-state index in [9.17, 15) is 13.6 Å². The number of halogens is 2. The zero-order chi connectivity index (χ0) is 17.8. The molecule has 1 aromatic heterocycles. The van der Waals surface area contributed by atoms with Gasteiger partial charge in [0.15, 0.2) is 11.6 Å². The van der Waals surface area contributed by atoms with Crippen LogP contribution in [0.2, 0.25) is 0 Å². The van der Waals surface area contributed by atoms with Gasteiger partial charge in [0.25, 0.3) is 0 Å². The Labute approximate surface area is 146 Å². The van der Waals surface area contributed by atoms with Gasteiger partial charge in [-0.2, -0.15) is 0 Å². The predicted octanol–water partition coefficient (Wildman–Crippen LogP) is 2.70. The van der Waals surface area contributed by atoms with Gasteiger partial charge in [-0.25, -0.2) is 13.8 Å². The Morgan fingerprint density at radius 3 is 2.84 bits per heavy atom. The summed E-state index contributed by atoms with van der Waals surface area (Å²) in [5, 5.41) is 2.84. The molecule has 1 aliphatic carbocycles. The lowest BCUT2D eigenvalue weighted by atomic mass is 9.94. The van der Waals surface area contributed by atoms with E-state index in [4.69, 9.17) is 0 Å². The van der Waals surface area contributed by atoms with Gasteiger partial charge in [0.1, 0.15) is 12.1 Å². The van der Waals surface area contributed by atoms with Crippen molar-refractivity contribution in [2.24, 2.45) is 0 Å². The minimum atomic E-state index is -0.972. The highest BCUT2D eigenvalue weighted by Gasteiger charge is 2.18. The maximum atomic E-state index is 13.9. The number of carbonyl (C=O) groups is 1. The second kappa shape index (κ2) is 7.91. The number of hydrogen-bond donors (Lipinski definition) is 1. The van der Waals surface area contributed by atoms with Crippen LogP contribution < -0.4 is 5.32 Å². The minimum absolute atomic E-state index is 0.0227. The number of nitrogens with one attached hydrogen (secondary N) is 1. The number of nitrogens with zero attached hydrogens (tertiary/aromatic N) is 3. The van der Waals surface area contributed by atoms with Gasteiger partial charge in [0, 0.05) is 19.1 Å². The van der Waals surface area contributed by atoms with E-state index in [1.54, 1.807) is 0 Å². The Morgan fingerprint density at radius 2 is 2.08 bits per heavy atom. The van der Waals surface area contributed by atoms with Crippen LogP contribution in [0.3, 0.4) is 0 Å². The van der Waals surface area contributed by atoms with E-state index in [2.05, 4.69) is 22.2 Å². The van der Waals surface area contributed by atoms with Crippen LogP contribution in [0.4, 0.5) is 8.78 Å². The van der Waals surface area contributed by atoms with Crippen molar-refractivity contribution >= 4 is 16.9 Å². The average molecular weight is 350 g/mol. The number of carbonyl (C=O) groups excluding carboxylic acids is 1. The summed E-state index contributed by atoms with van der Waals surface area (Å²) < 4.78 is 28.7. The summed E-state index contributed by atoms with van der Waals surface area (Å²) in [7, 11) is 2.09. The molecule has 0 spiro atoms. The maximum Gasteiger partial charge on any atom is 0.240 e. The van der Waals surface area contributed by atoms with Crippen LogP contribution in [-0.2, 0) is 11.3 Å². The summed E-state index contributed by atoms with van der Waals surface area (Å²) in [6.45, 7) is 1.24. The van der Waals surface area contributed by atoms with E-state index < -0.39 is 11.6 Å². The van der Waals surface area contributed by atoms with Crippen LogP contribution in [0.15, 0.2) is 18.5 Å². The maximum absolute atomic E-state index is 13.9. The molecule has 0 radical (unpaired) electrons. The lowest BCUT2D eigenvalue weighted by molar-refractivity contribution is -0.121. The molecule has 25 heavy (non-hydrogen) atoms. The van der Waals surface area contributed by atoms with Crippen molar-refractivity contribution < 1.29 is 13.6 Å². The minimum Gasteiger partial charge on any atom is -0.353 e. The molecule has 1 N–H and O–H groups in total. The third-order valence-corrected chi connectivity index (χ3v) is 4.97. The SMILES string of the molecule is CN(CCNC(=O)Cn1cnc2ccc(F)c(F)c21)C1CCCCC1. The number of amides is 1.